The zero-order valence-corrected chi connectivity index (χ0v) is 12.0. The van der Waals surface area contributed by atoms with E-state index in [2.05, 4.69) is 0 Å². The molecule has 0 bridgehead atoms. The molecule has 0 fully saturated rings. The van der Waals surface area contributed by atoms with E-state index in [1.807, 2.05) is 30.3 Å². The van der Waals surface area contributed by atoms with Crippen molar-refractivity contribution in [3.05, 3.63) is 35.9 Å². The van der Waals surface area contributed by atoms with Crippen molar-refractivity contribution in [2.75, 3.05) is 30.1 Å². The van der Waals surface area contributed by atoms with Gasteiger partial charge < -0.3 is 10.8 Å². The Balaban J connectivity index is 2.57. The van der Waals surface area contributed by atoms with E-state index >= 15 is 0 Å². The Morgan fingerprint density at radius 1 is 1.33 bits per heavy atom. The average Bonchev–Trinajstić information content (AvgIpc) is 2.34. The van der Waals surface area contributed by atoms with E-state index in [0.29, 0.717) is 11.5 Å². The van der Waals surface area contributed by atoms with Crippen LogP contribution in [0.15, 0.2) is 30.3 Å². The molecule has 1 rings (SSSR count). The van der Waals surface area contributed by atoms with Crippen molar-refractivity contribution in [3.63, 3.8) is 0 Å². The summed E-state index contributed by atoms with van der Waals surface area (Å²) < 4.78 is 22.0. The Morgan fingerprint density at radius 3 is 2.44 bits per heavy atom. The Labute approximate surface area is 113 Å². The number of aliphatic hydroxyl groups is 1. The van der Waals surface area contributed by atoms with Gasteiger partial charge in [0.05, 0.1) is 5.75 Å². The van der Waals surface area contributed by atoms with Gasteiger partial charge in [-0.1, -0.05) is 30.3 Å². The predicted molar refractivity (Wildman–Crippen MR) is 76.4 cm³/mol. The van der Waals surface area contributed by atoms with E-state index < -0.39 is 15.4 Å². The van der Waals surface area contributed by atoms with E-state index in [0.717, 1.165) is 5.56 Å². The summed E-state index contributed by atoms with van der Waals surface area (Å²) in [6.07, 6.45) is 1.21. The Bertz CT molecular complexity index is 461. The molecule has 0 saturated carbocycles. The number of benzene rings is 1. The monoisotopic (exact) mass is 289 g/mol. The van der Waals surface area contributed by atoms with Gasteiger partial charge in [0.15, 0.2) is 0 Å². The molecule has 0 spiro atoms. The molecule has 0 amide bonds. The van der Waals surface area contributed by atoms with Gasteiger partial charge in [0.2, 0.25) is 0 Å². The first kappa shape index (κ1) is 15.5. The minimum absolute atomic E-state index is 0.114. The molecule has 0 aromatic heterocycles. The first-order chi connectivity index (χ1) is 8.37. The van der Waals surface area contributed by atoms with Gasteiger partial charge in [0, 0.05) is 24.3 Å². The van der Waals surface area contributed by atoms with Gasteiger partial charge >= 0.3 is 0 Å². The van der Waals surface area contributed by atoms with Crippen LogP contribution in [0.4, 0.5) is 0 Å². The molecule has 0 aliphatic rings. The van der Waals surface area contributed by atoms with Crippen molar-refractivity contribution in [1.29, 1.82) is 0 Å². The zero-order chi connectivity index (χ0) is 13.6. The van der Waals surface area contributed by atoms with E-state index in [1.165, 1.54) is 18.0 Å². The third kappa shape index (κ3) is 4.97. The number of nitrogens with two attached hydrogens (primary N) is 1. The lowest BCUT2D eigenvalue weighted by Crippen LogP contribution is -2.37. The Morgan fingerprint density at radius 2 is 1.94 bits per heavy atom. The molecule has 1 atom stereocenters. The van der Waals surface area contributed by atoms with Crippen molar-refractivity contribution in [2.45, 2.75) is 5.60 Å². The van der Waals surface area contributed by atoms with Gasteiger partial charge in [-0.3, -0.25) is 0 Å². The Hall–Kier alpha value is -0.560. The highest BCUT2D eigenvalue weighted by Gasteiger charge is 2.27. The molecular formula is C12H19NO3S2. The largest absolute Gasteiger partial charge is 0.383 e. The third-order valence-electron chi connectivity index (χ3n) is 2.59. The lowest BCUT2D eigenvalue weighted by molar-refractivity contribution is 0.0721. The number of sulfone groups is 1. The van der Waals surface area contributed by atoms with Crippen LogP contribution in [0.5, 0.6) is 0 Å². The SMILES string of the molecule is CS(=O)(=O)CCSCC(O)(CN)c1ccccc1. The van der Waals surface area contributed by atoms with Gasteiger partial charge in [-0.2, -0.15) is 11.8 Å². The standard InChI is InChI=1S/C12H19NO3S2/c1-18(15,16)8-7-17-10-12(14,9-13)11-5-3-2-4-6-11/h2-6,14H,7-10,13H2,1H3. The summed E-state index contributed by atoms with van der Waals surface area (Å²) in [5, 5.41) is 10.4. The van der Waals surface area contributed by atoms with Crippen LogP contribution in [0.25, 0.3) is 0 Å². The molecule has 102 valence electrons. The van der Waals surface area contributed by atoms with Gasteiger partial charge in [-0.15, -0.1) is 0 Å². The molecule has 4 nitrogen and oxygen atoms in total. The van der Waals surface area contributed by atoms with Crippen molar-refractivity contribution < 1.29 is 13.5 Å². The highest BCUT2D eigenvalue weighted by Crippen LogP contribution is 2.24. The highest BCUT2D eigenvalue weighted by atomic mass is 32.2. The molecule has 18 heavy (non-hydrogen) atoms. The van der Waals surface area contributed by atoms with Crippen molar-refractivity contribution >= 4 is 21.6 Å². The van der Waals surface area contributed by atoms with E-state index in [-0.39, 0.29) is 12.3 Å². The minimum atomic E-state index is -2.95. The van der Waals surface area contributed by atoms with Crippen LogP contribution in [-0.4, -0.2) is 43.6 Å². The lowest BCUT2D eigenvalue weighted by atomic mass is 9.96. The number of hydrogen-bond donors (Lipinski definition) is 2. The smallest absolute Gasteiger partial charge is 0.148 e. The fourth-order valence-electron chi connectivity index (χ4n) is 1.46. The maximum atomic E-state index is 11.0. The molecule has 0 aliphatic heterocycles. The molecule has 1 unspecified atom stereocenters. The topological polar surface area (TPSA) is 80.4 Å². The summed E-state index contributed by atoms with van der Waals surface area (Å²) in [5.41, 5.74) is 5.29. The summed E-state index contributed by atoms with van der Waals surface area (Å²) in [4.78, 5) is 0. The first-order valence-electron chi connectivity index (χ1n) is 5.61. The van der Waals surface area contributed by atoms with Crippen LogP contribution >= 0.6 is 11.8 Å². The Kier molecular flexibility index (Phi) is 5.65. The second-order valence-electron chi connectivity index (χ2n) is 4.28. The molecule has 1 aromatic carbocycles. The van der Waals surface area contributed by atoms with Crippen LogP contribution < -0.4 is 5.73 Å². The molecule has 0 saturated heterocycles. The van der Waals surface area contributed by atoms with Crippen molar-refractivity contribution in [2.24, 2.45) is 5.73 Å². The second-order valence-corrected chi connectivity index (χ2v) is 7.65. The van der Waals surface area contributed by atoms with E-state index in [4.69, 9.17) is 5.73 Å². The maximum absolute atomic E-state index is 11.0. The maximum Gasteiger partial charge on any atom is 0.148 e. The third-order valence-corrected chi connectivity index (χ3v) is 4.97. The molecule has 6 heteroatoms. The van der Waals surface area contributed by atoms with Crippen molar-refractivity contribution in [3.8, 4) is 0 Å². The van der Waals surface area contributed by atoms with Gasteiger partial charge in [0.25, 0.3) is 0 Å². The molecule has 0 heterocycles. The van der Waals surface area contributed by atoms with E-state index in [9.17, 15) is 13.5 Å². The molecule has 1 aromatic rings. The van der Waals surface area contributed by atoms with Crippen LogP contribution in [0.2, 0.25) is 0 Å². The second kappa shape index (κ2) is 6.56. The van der Waals surface area contributed by atoms with Gasteiger partial charge in [-0.25, -0.2) is 8.42 Å². The summed E-state index contributed by atoms with van der Waals surface area (Å²) in [6, 6.07) is 9.21. The molecule has 0 radical (unpaired) electrons. The van der Waals surface area contributed by atoms with Gasteiger partial charge in [0.1, 0.15) is 15.4 Å². The lowest BCUT2D eigenvalue weighted by Gasteiger charge is -2.26. The highest BCUT2D eigenvalue weighted by molar-refractivity contribution is 8.00. The normalized spacial score (nSPS) is 15.3. The fourth-order valence-corrected chi connectivity index (χ4v) is 3.91. The fraction of sp³-hybridized carbons (Fsp3) is 0.500. The molecular weight excluding hydrogens is 270 g/mol. The average molecular weight is 289 g/mol. The summed E-state index contributed by atoms with van der Waals surface area (Å²) in [6.45, 7) is 0.114. The number of thioether (sulfide) groups is 1. The quantitative estimate of drug-likeness (QED) is 0.719. The van der Waals surface area contributed by atoms with E-state index in [1.54, 1.807) is 0 Å². The zero-order valence-electron chi connectivity index (χ0n) is 10.4. The van der Waals surface area contributed by atoms with Crippen molar-refractivity contribution in [1.82, 2.24) is 0 Å². The summed E-state index contributed by atoms with van der Waals surface area (Å²) in [5.74, 6) is 0.976. The minimum Gasteiger partial charge on any atom is -0.383 e. The predicted octanol–water partition coefficient (Wildman–Crippen LogP) is 0.611. The number of hydrogen-bond acceptors (Lipinski definition) is 5. The summed E-state index contributed by atoms with van der Waals surface area (Å²) >= 11 is 1.40. The van der Waals surface area contributed by atoms with Gasteiger partial charge in [-0.05, 0) is 5.56 Å². The molecule has 3 N–H and O–H groups in total. The van der Waals surface area contributed by atoms with Crippen LogP contribution in [0.3, 0.4) is 0 Å². The number of rotatable bonds is 7. The van der Waals surface area contributed by atoms with Crippen LogP contribution in [0.1, 0.15) is 5.56 Å². The van der Waals surface area contributed by atoms with Crippen LogP contribution in [0, 0.1) is 0 Å². The molecule has 0 aliphatic carbocycles. The summed E-state index contributed by atoms with van der Waals surface area (Å²) in [7, 11) is -2.95. The van der Waals surface area contributed by atoms with Crippen LogP contribution in [-0.2, 0) is 15.4 Å². The first-order valence-corrected chi connectivity index (χ1v) is 8.82.